The maximum atomic E-state index is 12.7. The maximum Gasteiger partial charge on any atom is 0.130 e. The van der Waals surface area contributed by atoms with Gasteiger partial charge in [-0.1, -0.05) is 22.5 Å². The Morgan fingerprint density at radius 3 is 2.75 bits per heavy atom. The van der Waals surface area contributed by atoms with Gasteiger partial charge in [0.15, 0.2) is 0 Å². The molecule has 1 aromatic carbocycles. The molecule has 0 aromatic heterocycles. The van der Waals surface area contributed by atoms with Gasteiger partial charge in [-0.05, 0) is 12.1 Å². The van der Waals surface area contributed by atoms with Crippen molar-refractivity contribution in [1.82, 2.24) is 0 Å². The molecule has 1 aromatic rings. The van der Waals surface area contributed by atoms with Crippen molar-refractivity contribution in [3.63, 3.8) is 0 Å². The molecule has 0 aliphatic carbocycles. The molecule has 0 unspecified atom stereocenters. The highest BCUT2D eigenvalue weighted by molar-refractivity contribution is 9.15. The van der Waals surface area contributed by atoms with E-state index < -0.39 is 0 Å². The quantitative estimate of drug-likeness (QED) is 0.759. The number of benzene rings is 1. The minimum Gasteiger partial charge on any atom is -0.496 e. The third-order valence-electron chi connectivity index (χ3n) is 1.46. The van der Waals surface area contributed by atoms with E-state index in [0.717, 1.165) is 5.56 Å². The molecule has 0 saturated heterocycles. The minimum atomic E-state index is -0.315. The van der Waals surface area contributed by atoms with Crippen LogP contribution in [0.1, 0.15) is 5.56 Å². The van der Waals surface area contributed by atoms with E-state index >= 15 is 0 Å². The highest BCUT2D eigenvalue weighted by atomic mass is 79.9. The Hall–Kier alpha value is -0.830. The SMILES string of the molecule is C=C(Br)c1ccc(F)cc1OC. The lowest BCUT2D eigenvalue weighted by molar-refractivity contribution is 0.410. The van der Waals surface area contributed by atoms with E-state index in [1.807, 2.05) is 0 Å². The van der Waals surface area contributed by atoms with Crippen LogP contribution in [0.5, 0.6) is 5.75 Å². The van der Waals surface area contributed by atoms with Crippen LogP contribution < -0.4 is 4.74 Å². The van der Waals surface area contributed by atoms with Crippen LogP contribution in [0.15, 0.2) is 24.8 Å². The first-order chi connectivity index (χ1) is 5.65. The molecule has 0 aliphatic rings. The van der Waals surface area contributed by atoms with Crippen molar-refractivity contribution in [3.8, 4) is 5.75 Å². The van der Waals surface area contributed by atoms with Crippen LogP contribution in [0.3, 0.4) is 0 Å². The molecule has 1 rings (SSSR count). The zero-order valence-electron chi connectivity index (χ0n) is 6.60. The topological polar surface area (TPSA) is 9.23 Å². The molecule has 0 saturated carbocycles. The van der Waals surface area contributed by atoms with Gasteiger partial charge >= 0.3 is 0 Å². The number of ether oxygens (including phenoxy) is 1. The molecule has 64 valence electrons. The van der Waals surface area contributed by atoms with Gasteiger partial charge < -0.3 is 4.74 Å². The molecule has 3 heteroatoms. The fourth-order valence-corrected chi connectivity index (χ4v) is 1.22. The standard InChI is InChI=1S/C9H8BrFO/c1-6(10)8-4-3-7(11)5-9(8)12-2/h3-5H,1H2,2H3. The summed E-state index contributed by atoms with van der Waals surface area (Å²) in [6.45, 7) is 3.68. The van der Waals surface area contributed by atoms with E-state index in [1.165, 1.54) is 19.2 Å². The summed E-state index contributed by atoms with van der Waals surface area (Å²) in [7, 11) is 1.49. The smallest absolute Gasteiger partial charge is 0.130 e. The van der Waals surface area contributed by atoms with Gasteiger partial charge in [-0.15, -0.1) is 0 Å². The second-order valence-electron chi connectivity index (χ2n) is 2.25. The van der Waals surface area contributed by atoms with Crippen LogP contribution in [-0.2, 0) is 0 Å². The molecular weight excluding hydrogens is 223 g/mol. The second kappa shape index (κ2) is 3.72. The van der Waals surface area contributed by atoms with Crippen LogP contribution in [0.2, 0.25) is 0 Å². The minimum absolute atomic E-state index is 0.315. The summed E-state index contributed by atoms with van der Waals surface area (Å²) in [6.07, 6.45) is 0. The van der Waals surface area contributed by atoms with E-state index in [9.17, 15) is 4.39 Å². The van der Waals surface area contributed by atoms with Crippen molar-refractivity contribution < 1.29 is 9.13 Å². The molecule has 0 spiro atoms. The lowest BCUT2D eigenvalue weighted by Crippen LogP contribution is -1.89. The van der Waals surface area contributed by atoms with Gasteiger partial charge in [-0.3, -0.25) is 0 Å². The third kappa shape index (κ3) is 1.85. The van der Waals surface area contributed by atoms with Gasteiger partial charge in [0.25, 0.3) is 0 Å². The summed E-state index contributed by atoms with van der Waals surface area (Å²) in [4.78, 5) is 0. The van der Waals surface area contributed by atoms with Crippen molar-refractivity contribution >= 4 is 20.4 Å². The predicted molar refractivity (Wildman–Crippen MR) is 50.9 cm³/mol. The fourth-order valence-electron chi connectivity index (χ4n) is 0.889. The maximum absolute atomic E-state index is 12.7. The van der Waals surface area contributed by atoms with Gasteiger partial charge in [0, 0.05) is 16.1 Å². The normalized spacial score (nSPS) is 9.58. The first kappa shape index (κ1) is 9.26. The number of methoxy groups -OCH3 is 1. The van der Waals surface area contributed by atoms with Crippen molar-refractivity contribution in [1.29, 1.82) is 0 Å². The Kier molecular flexibility index (Phi) is 2.87. The summed E-state index contributed by atoms with van der Waals surface area (Å²) < 4.78 is 18.3. The summed E-state index contributed by atoms with van der Waals surface area (Å²) in [5.41, 5.74) is 0.763. The van der Waals surface area contributed by atoms with Crippen molar-refractivity contribution in [2.45, 2.75) is 0 Å². The summed E-state index contributed by atoms with van der Waals surface area (Å²) in [5, 5.41) is 0. The Bertz CT molecular complexity index is 309. The molecule has 0 bridgehead atoms. The van der Waals surface area contributed by atoms with Gasteiger partial charge in [0.2, 0.25) is 0 Å². The van der Waals surface area contributed by atoms with E-state index in [4.69, 9.17) is 4.74 Å². The molecule has 1 nitrogen and oxygen atoms in total. The van der Waals surface area contributed by atoms with Gasteiger partial charge in [0.1, 0.15) is 11.6 Å². The van der Waals surface area contributed by atoms with Crippen molar-refractivity contribution in [3.05, 3.63) is 36.2 Å². The molecule has 12 heavy (non-hydrogen) atoms. The molecule has 0 N–H and O–H groups in total. The molecule has 0 amide bonds. The lowest BCUT2D eigenvalue weighted by atomic mass is 10.2. The molecule has 0 atom stereocenters. The lowest BCUT2D eigenvalue weighted by Gasteiger charge is -2.05. The second-order valence-corrected chi connectivity index (χ2v) is 3.21. The summed E-state index contributed by atoms with van der Waals surface area (Å²) in [5.74, 6) is 0.168. The van der Waals surface area contributed by atoms with Crippen LogP contribution >= 0.6 is 15.9 Å². The molecule has 0 fully saturated rings. The monoisotopic (exact) mass is 230 g/mol. The van der Waals surface area contributed by atoms with Crippen LogP contribution in [0.25, 0.3) is 4.48 Å². The van der Waals surface area contributed by atoms with E-state index in [1.54, 1.807) is 6.07 Å². The highest BCUT2D eigenvalue weighted by Crippen LogP contribution is 2.28. The highest BCUT2D eigenvalue weighted by Gasteiger charge is 2.04. The van der Waals surface area contributed by atoms with E-state index in [-0.39, 0.29) is 5.82 Å². The number of rotatable bonds is 2. The van der Waals surface area contributed by atoms with Crippen molar-refractivity contribution in [2.24, 2.45) is 0 Å². The fraction of sp³-hybridized carbons (Fsp3) is 0.111. The molecular formula is C9H8BrFO. The predicted octanol–water partition coefficient (Wildman–Crippen LogP) is 3.20. The average Bonchev–Trinajstić information content (AvgIpc) is 2.03. The Morgan fingerprint density at radius 1 is 1.58 bits per heavy atom. The van der Waals surface area contributed by atoms with Crippen LogP contribution in [-0.4, -0.2) is 7.11 Å². The molecule has 0 radical (unpaired) electrons. The first-order valence-electron chi connectivity index (χ1n) is 3.33. The largest absolute Gasteiger partial charge is 0.496 e. The van der Waals surface area contributed by atoms with Crippen LogP contribution in [0.4, 0.5) is 4.39 Å². The van der Waals surface area contributed by atoms with Crippen molar-refractivity contribution in [2.75, 3.05) is 7.11 Å². The third-order valence-corrected chi connectivity index (χ3v) is 1.88. The summed E-state index contributed by atoms with van der Waals surface area (Å²) >= 11 is 3.20. The molecule has 0 heterocycles. The molecule has 0 aliphatic heterocycles. The summed E-state index contributed by atoms with van der Waals surface area (Å²) in [6, 6.07) is 4.30. The van der Waals surface area contributed by atoms with E-state index in [2.05, 4.69) is 22.5 Å². The van der Waals surface area contributed by atoms with E-state index in [0.29, 0.717) is 10.2 Å². The first-order valence-corrected chi connectivity index (χ1v) is 4.12. The van der Waals surface area contributed by atoms with Crippen LogP contribution in [0, 0.1) is 5.82 Å². The Labute approximate surface area is 79.0 Å². The Balaban J connectivity index is 3.20. The zero-order chi connectivity index (χ0) is 9.14. The zero-order valence-corrected chi connectivity index (χ0v) is 8.19. The number of hydrogen-bond donors (Lipinski definition) is 0. The Morgan fingerprint density at radius 2 is 2.25 bits per heavy atom. The van der Waals surface area contributed by atoms with Gasteiger partial charge in [-0.25, -0.2) is 4.39 Å². The number of halogens is 2. The van der Waals surface area contributed by atoms with Gasteiger partial charge in [0.05, 0.1) is 7.11 Å². The van der Waals surface area contributed by atoms with Gasteiger partial charge in [-0.2, -0.15) is 0 Å². The average molecular weight is 231 g/mol. The number of hydrogen-bond acceptors (Lipinski definition) is 1.